The van der Waals surface area contributed by atoms with Gasteiger partial charge in [-0.1, -0.05) is 32.9 Å². The Hall–Kier alpha value is -1.44. The van der Waals surface area contributed by atoms with Gasteiger partial charge in [-0.05, 0) is 79.4 Å². The number of fused-ring (bicyclic) bond motifs is 1. The molecular weight excluding hydrogens is 284 g/mol. The first-order valence-electron chi connectivity index (χ1n) is 8.92. The third kappa shape index (κ3) is 2.56. The lowest BCUT2D eigenvalue weighted by atomic mass is 9.46. The second-order valence-corrected chi connectivity index (χ2v) is 8.36. The lowest BCUT2D eigenvalue weighted by molar-refractivity contribution is -0.115. The predicted molar refractivity (Wildman–Crippen MR) is 92.9 cm³/mol. The zero-order chi connectivity index (χ0) is 16.8. The maximum Gasteiger partial charge on any atom is 0.182 e. The molecule has 2 nitrogen and oxygen atoms in total. The lowest BCUT2D eigenvalue weighted by Gasteiger charge is -2.59. The largest absolute Gasteiger partial charge is 0.290 e. The number of ketones is 2. The maximum atomic E-state index is 12.2. The van der Waals surface area contributed by atoms with E-state index in [0.717, 1.165) is 12.8 Å². The molecule has 4 atom stereocenters. The molecule has 3 aliphatic rings. The van der Waals surface area contributed by atoms with Gasteiger partial charge in [-0.15, -0.1) is 0 Å². The molecule has 0 unspecified atom stereocenters. The van der Waals surface area contributed by atoms with Crippen LogP contribution in [0.25, 0.3) is 0 Å². The van der Waals surface area contributed by atoms with Crippen LogP contribution in [0.2, 0.25) is 0 Å². The number of rotatable bonds is 2. The Morgan fingerprint density at radius 1 is 1.22 bits per heavy atom. The second kappa shape index (κ2) is 5.58. The summed E-state index contributed by atoms with van der Waals surface area (Å²) >= 11 is 0. The van der Waals surface area contributed by atoms with Crippen molar-refractivity contribution in [2.24, 2.45) is 22.7 Å². The zero-order valence-corrected chi connectivity index (χ0v) is 14.7. The number of carbonyl (C=O) groups is 2. The smallest absolute Gasteiger partial charge is 0.182 e. The first-order valence-corrected chi connectivity index (χ1v) is 8.92. The third-order valence-corrected chi connectivity index (χ3v) is 7.17. The molecule has 0 radical (unpaired) electrons. The van der Waals surface area contributed by atoms with Gasteiger partial charge in [0.2, 0.25) is 0 Å². The molecule has 0 bridgehead atoms. The van der Waals surface area contributed by atoms with Gasteiger partial charge in [0.05, 0.1) is 0 Å². The summed E-state index contributed by atoms with van der Waals surface area (Å²) in [6.45, 7) is 11.4. The van der Waals surface area contributed by atoms with Crippen LogP contribution in [0.3, 0.4) is 0 Å². The van der Waals surface area contributed by atoms with Gasteiger partial charge in [0.25, 0.3) is 0 Å². The van der Waals surface area contributed by atoms with Crippen LogP contribution in [0.5, 0.6) is 0 Å². The fourth-order valence-electron chi connectivity index (χ4n) is 5.37. The van der Waals surface area contributed by atoms with Gasteiger partial charge < -0.3 is 0 Å². The van der Waals surface area contributed by atoms with E-state index in [1.807, 2.05) is 0 Å². The fourth-order valence-corrected chi connectivity index (χ4v) is 5.37. The molecule has 124 valence electrons. The van der Waals surface area contributed by atoms with Crippen molar-refractivity contribution in [1.29, 1.82) is 0 Å². The van der Waals surface area contributed by atoms with Crippen LogP contribution >= 0.6 is 0 Å². The first-order chi connectivity index (χ1) is 10.8. The van der Waals surface area contributed by atoms with E-state index in [4.69, 9.17) is 0 Å². The molecular formula is C21H28O2. The van der Waals surface area contributed by atoms with Crippen molar-refractivity contribution < 1.29 is 9.59 Å². The number of hydrogen-bond donors (Lipinski definition) is 0. The molecule has 0 aromatic heterocycles. The summed E-state index contributed by atoms with van der Waals surface area (Å²) in [5, 5.41) is 0. The van der Waals surface area contributed by atoms with E-state index in [2.05, 4.69) is 27.4 Å². The summed E-state index contributed by atoms with van der Waals surface area (Å²) in [7, 11) is 0. The van der Waals surface area contributed by atoms with E-state index in [9.17, 15) is 9.59 Å². The van der Waals surface area contributed by atoms with Gasteiger partial charge in [0.15, 0.2) is 11.6 Å². The Morgan fingerprint density at radius 3 is 2.70 bits per heavy atom. The lowest BCUT2D eigenvalue weighted by Crippen LogP contribution is -2.50. The van der Waals surface area contributed by atoms with Gasteiger partial charge in [-0.25, -0.2) is 0 Å². The number of allylic oxidation sites excluding steroid dienone is 5. The molecule has 2 fully saturated rings. The van der Waals surface area contributed by atoms with Crippen LogP contribution in [-0.4, -0.2) is 11.6 Å². The maximum absolute atomic E-state index is 12.2. The van der Waals surface area contributed by atoms with Crippen molar-refractivity contribution in [2.75, 3.05) is 0 Å². The first kappa shape index (κ1) is 16.4. The Kier molecular flexibility index (Phi) is 3.98. The summed E-state index contributed by atoms with van der Waals surface area (Å²) in [6, 6.07) is 0. The van der Waals surface area contributed by atoms with Gasteiger partial charge in [0.1, 0.15) is 0 Å². The van der Waals surface area contributed by atoms with E-state index in [1.54, 1.807) is 6.08 Å². The SMILES string of the molecule is C=C1CCC[C@H]2[C@](C)(CC3=CC(=O)C=CC3=O)[C@@H](C)CC[C@@]12C. The standard InChI is InChI=1S/C21H28O2/c1-14-6-5-7-19-20(14,3)11-10-15(2)21(19,4)13-16-12-17(22)8-9-18(16)23/h8-9,12,15,19H,1,5-7,10-11,13H2,2-4H3/t15-,19+,20-,21+/m0/s1. The summed E-state index contributed by atoms with van der Waals surface area (Å²) in [4.78, 5) is 24.0. The Labute approximate surface area is 139 Å². The summed E-state index contributed by atoms with van der Waals surface area (Å²) in [5.74, 6) is 1.07. The molecule has 3 rings (SSSR count). The van der Waals surface area contributed by atoms with E-state index in [1.165, 1.54) is 43.4 Å². The van der Waals surface area contributed by atoms with Crippen molar-refractivity contribution in [2.45, 2.75) is 59.3 Å². The van der Waals surface area contributed by atoms with Crippen LogP contribution < -0.4 is 0 Å². The highest BCUT2D eigenvalue weighted by Gasteiger charge is 2.54. The Bertz CT molecular complexity index is 624. The quantitative estimate of drug-likeness (QED) is 0.541. The van der Waals surface area contributed by atoms with Gasteiger partial charge in [0, 0.05) is 5.57 Å². The van der Waals surface area contributed by atoms with Crippen LogP contribution in [0.4, 0.5) is 0 Å². The van der Waals surface area contributed by atoms with Gasteiger partial charge >= 0.3 is 0 Å². The van der Waals surface area contributed by atoms with Crippen molar-refractivity contribution in [3.05, 3.63) is 36.0 Å². The van der Waals surface area contributed by atoms with Gasteiger partial charge in [-0.3, -0.25) is 9.59 Å². The molecule has 0 N–H and O–H groups in total. The average Bonchev–Trinajstić information content (AvgIpc) is 2.50. The molecule has 23 heavy (non-hydrogen) atoms. The summed E-state index contributed by atoms with van der Waals surface area (Å²) < 4.78 is 0. The molecule has 0 heterocycles. The van der Waals surface area contributed by atoms with Gasteiger partial charge in [-0.2, -0.15) is 0 Å². The summed E-state index contributed by atoms with van der Waals surface area (Å²) in [5.41, 5.74) is 2.35. The number of carbonyl (C=O) groups excluding carboxylic acids is 2. The van der Waals surface area contributed by atoms with Crippen LogP contribution in [-0.2, 0) is 9.59 Å². The van der Waals surface area contributed by atoms with E-state index in [0.29, 0.717) is 17.4 Å². The highest BCUT2D eigenvalue weighted by atomic mass is 16.1. The normalized spacial score (nSPS) is 40.8. The predicted octanol–water partition coefficient (Wildman–Crippen LogP) is 4.81. The highest BCUT2D eigenvalue weighted by molar-refractivity contribution is 6.17. The van der Waals surface area contributed by atoms with Crippen molar-refractivity contribution in [1.82, 2.24) is 0 Å². The van der Waals surface area contributed by atoms with Crippen LogP contribution in [0, 0.1) is 22.7 Å². The minimum atomic E-state index is -0.0533. The molecule has 0 aliphatic heterocycles. The van der Waals surface area contributed by atoms with Crippen LogP contribution in [0.1, 0.15) is 59.3 Å². The minimum Gasteiger partial charge on any atom is -0.290 e. The van der Waals surface area contributed by atoms with E-state index < -0.39 is 0 Å². The zero-order valence-electron chi connectivity index (χ0n) is 14.7. The second-order valence-electron chi connectivity index (χ2n) is 8.36. The Balaban J connectivity index is 1.95. The molecule has 0 aromatic carbocycles. The highest BCUT2D eigenvalue weighted by Crippen LogP contribution is 2.63. The van der Waals surface area contributed by atoms with Crippen molar-refractivity contribution >= 4 is 11.6 Å². The molecule has 2 heteroatoms. The molecule has 0 amide bonds. The van der Waals surface area contributed by atoms with E-state index in [-0.39, 0.29) is 22.4 Å². The average molecular weight is 312 g/mol. The van der Waals surface area contributed by atoms with Crippen molar-refractivity contribution in [3.63, 3.8) is 0 Å². The molecule has 0 spiro atoms. The molecule has 2 saturated carbocycles. The topological polar surface area (TPSA) is 34.1 Å². The van der Waals surface area contributed by atoms with E-state index >= 15 is 0 Å². The third-order valence-electron chi connectivity index (χ3n) is 7.17. The van der Waals surface area contributed by atoms with Crippen molar-refractivity contribution in [3.8, 4) is 0 Å². The minimum absolute atomic E-state index is 0.0138. The molecule has 3 aliphatic carbocycles. The molecule has 0 aromatic rings. The Morgan fingerprint density at radius 2 is 1.96 bits per heavy atom. The molecule has 0 saturated heterocycles. The van der Waals surface area contributed by atoms with Crippen LogP contribution in [0.15, 0.2) is 36.0 Å². The fraction of sp³-hybridized carbons (Fsp3) is 0.619. The summed E-state index contributed by atoms with van der Waals surface area (Å²) in [6.07, 6.45) is 11.0. The number of hydrogen-bond acceptors (Lipinski definition) is 2. The monoisotopic (exact) mass is 312 g/mol.